The number of ether oxygens (including phenoxy) is 2. The summed E-state index contributed by atoms with van der Waals surface area (Å²) in [6.07, 6.45) is 0.990. The van der Waals surface area contributed by atoms with Gasteiger partial charge in [-0.15, -0.1) is 0 Å². The summed E-state index contributed by atoms with van der Waals surface area (Å²) in [5.74, 6) is 0.272. The van der Waals surface area contributed by atoms with Gasteiger partial charge in [-0.05, 0) is 19.9 Å². The summed E-state index contributed by atoms with van der Waals surface area (Å²) in [5, 5.41) is 7.63. The lowest BCUT2D eigenvalue weighted by Crippen LogP contribution is -2.46. The lowest BCUT2D eigenvalue weighted by atomic mass is 10.2. The number of hydrogen-bond donors (Lipinski definition) is 1. The van der Waals surface area contributed by atoms with Crippen LogP contribution in [0.4, 0.5) is 0 Å². The highest BCUT2D eigenvalue weighted by Crippen LogP contribution is 2.07. The third kappa shape index (κ3) is 3.27. The molecule has 1 aliphatic heterocycles. The number of morpholine rings is 1. The molecule has 4 nitrogen and oxygen atoms in total. The zero-order valence-electron chi connectivity index (χ0n) is 9.08. The molecule has 1 fully saturated rings. The Morgan fingerprint density at radius 1 is 1.57 bits per heavy atom. The van der Waals surface area contributed by atoms with Crippen molar-refractivity contribution in [3.8, 4) is 0 Å². The fourth-order valence-corrected chi connectivity index (χ4v) is 1.63. The van der Waals surface area contributed by atoms with Crippen LogP contribution in [-0.2, 0) is 9.47 Å². The minimum atomic E-state index is -0.157. The van der Waals surface area contributed by atoms with Crippen LogP contribution < -0.4 is 0 Å². The third-order valence-corrected chi connectivity index (χ3v) is 2.28. The predicted octanol–water partition coefficient (Wildman–Crippen LogP) is 1.11. The lowest BCUT2D eigenvalue weighted by Gasteiger charge is -2.32. The number of nitrogens with one attached hydrogen (secondary N) is 1. The van der Waals surface area contributed by atoms with Crippen molar-refractivity contribution in [2.45, 2.75) is 26.4 Å². The molecule has 1 aliphatic rings. The molecule has 1 saturated heterocycles. The van der Waals surface area contributed by atoms with Gasteiger partial charge in [0.15, 0.2) is 0 Å². The van der Waals surface area contributed by atoms with E-state index in [1.807, 2.05) is 6.92 Å². The highest BCUT2D eigenvalue weighted by Gasteiger charge is 2.24. The topological polar surface area (TPSA) is 45.5 Å². The van der Waals surface area contributed by atoms with Crippen molar-refractivity contribution >= 4 is 5.90 Å². The van der Waals surface area contributed by atoms with Gasteiger partial charge < -0.3 is 9.47 Å². The minimum absolute atomic E-state index is 0.157. The Morgan fingerprint density at radius 3 is 3.00 bits per heavy atom. The van der Waals surface area contributed by atoms with Crippen molar-refractivity contribution in [2.75, 3.05) is 32.8 Å². The van der Waals surface area contributed by atoms with Crippen molar-refractivity contribution in [2.24, 2.45) is 0 Å². The molecule has 0 amide bonds. The molecule has 0 aromatic heterocycles. The van der Waals surface area contributed by atoms with E-state index < -0.39 is 0 Å². The molecule has 4 heteroatoms. The van der Waals surface area contributed by atoms with Crippen LogP contribution in [0, 0.1) is 5.41 Å². The Hall–Kier alpha value is -0.610. The maximum Gasteiger partial charge on any atom is 0.211 e. The van der Waals surface area contributed by atoms with E-state index in [4.69, 9.17) is 14.9 Å². The first-order valence-corrected chi connectivity index (χ1v) is 5.33. The van der Waals surface area contributed by atoms with Gasteiger partial charge >= 0.3 is 0 Å². The maximum absolute atomic E-state index is 7.63. The third-order valence-electron chi connectivity index (χ3n) is 2.28. The standard InChI is InChI=1S/C10H20N2O2/c1-3-5-12-6-7-14-9(8-12)10(11)13-4-2/h9,11H,3-8H2,1-2H3. The highest BCUT2D eigenvalue weighted by atomic mass is 16.5. The molecule has 0 radical (unpaired) electrons. The van der Waals surface area contributed by atoms with Crippen LogP contribution in [0.3, 0.4) is 0 Å². The van der Waals surface area contributed by atoms with Gasteiger partial charge in [-0.3, -0.25) is 10.3 Å². The molecule has 1 unspecified atom stereocenters. The van der Waals surface area contributed by atoms with Crippen molar-refractivity contribution in [1.82, 2.24) is 4.90 Å². The van der Waals surface area contributed by atoms with Crippen molar-refractivity contribution in [3.63, 3.8) is 0 Å². The summed E-state index contributed by atoms with van der Waals surface area (Å²) in [5.41, 5.74) is 0. The van der Waals surface area contributed by atoms with E-state index in [0.29, 0.717) is 13.2 Å². The van der Waals surface area contributed by atoms with E-state index in [9.17, 15) is 0 Å². The second kappa shape index (κ2) is 5.98. The summed E-state index contributed by atoms with van der Waals surface area (Å²) in [6.45, 7) is 8.17. The van der Waals surface area contributed by atoms with Crippen molar-refractivity contribution < 1.29 is 9.47 Å². The van der Waals surface area contributed by atoms with Gasteiger partial charge in [-0.25, -0.2) is 0 Å². The molecule has 1 heterocycles. The van der Waals surface area contributed by atoms with Gasteiger partial charge in [0.05, 0.1) is 13.2 Å². The van der Waals surface area contributed by atoms with Crippen LogP contribution in [0.1, 0.15) is 20.3 Å². The van der Waals surface area contributed by atoms with E-state index in [0.717, 1.165) is 26.1 Å². The SMILES string of the molecule is CCCN1CCOC(C(=N)OCC)C1. The Bertz CT molecular complexity index is 183. The largest absolute Gasteiger partial charge is 0.480 e. The van der Waals surface area contributed by atoms with Gasteiger partial charge in [-0.1, -0.05) is 6.92 Å². The summed E-state index contributed by atoms with van der Waals surface area (Å²) in [7, 11) is 0. The van der Waals surface area contributed by atoms with E-state index in [-0.39, 0.29) is 12.0 Å². The van der Waals surface area contributed by atoms with Gasteiger partial charge in [0, 0.05) is 13.1 Å². The second-order valence-corrected chi connectivity index (χ2v) is 3.46. The molecule has 1 rings (SSSR count). The highest BCUT2D eigenvalue weighted by molar-refractivity contribution is 5.78. The normalized spacial score (nSPS) is 23.4. The average Bonchev–Trinajstić information content (AvgIpc) is 2.19. The molecular formula is C10H20N2O2. The van der Waals surface area contributed by atoms with Gasteiger partial charge in [-0.2, -0.15) is 0 Å². The first-order valence-electron chi connectivity index (χ1n) is 5.33. The minimum Gasteiger partial charge on any atom is -0.480 e. The zero-order chi connectivity index (χ0) is 10.4. The van der Waals surface area contributed by atoms with Crippen LogP contribution >= 0.6 is 0 Å². The van der Waals surface area contributed by atoms with Crippen LogP contribution in [0.5, 0.6) is 0 Å². The molecule has 0 aromatic rings. The lowest BCUT2D eigenvalue weighted by molar-refractivity contribution is -0.00496. The van der Waals surface area contributed by atoms with Gasteiger partial charge in [0.25, 0.3) is 0 Å². The van der Waals surface area contributed by atoms with Crippen LogP contribution in [-0.4, -0.2) is 49.7 Å². The molecule has 0 spiro atoms. The predicted molar refractivity (Wildman–Crippen MR) is 55.8 cm³/mol. The molecular weight excluding hydrogens is 180 g/mol. The Labute approximate surface area is 85.7 Å². The fourth-order valence-electron chi connectivity index (χ4n) is 1.63. The fraction of sp³-hybridized carbons (Fsp3) is 0.900. The maximum atomic E-state index is 7.63. The summed E-state index contributed by atoms with van der Waals surface area (Å²) in [4.78, 5) is 2.32. The summed E-state index contributed by atoms with van der Waals surface area (Å²) in [6, 6.07) is 0. The Kier molecular flexibility index (Phi) is 4.90. The molecule has 1 N–H and O–H groups in total. The smallest absolute Gasteiger partial charge is 0.211 e. The van der Waals surface area contributed by atoms with Gasteiger partial charge in [0.1, 0.15) is 6.10 Å². The number of rotatable bonds is 4. The number of hydrogen-bond acceptors (Lipinski definition) is 4. The van der Waals surface area contributed by atoms with Crippen LogP contribution in [0.15, 0.2) is 0 Å². The van der Waals surface area contributed by atoms with Crippen LogP contribution in [0.25, 0.3) is 0 Å². The second-order valence-electron chi connectivity index (χ2n) is 3.46. The van der Waals surface area contributed by atoms with E-state index >= 15 is 0 Å². The van der Waals surface area contributed by atoms with Crippen molar-refractivity contribution in [3.05, 3.63) is 0 Å². The quantitative estimate of drug-likeness (QED) is 0.546. The molecule has 14 heavy (non-hydrogen) atoms. The Morgan fingerprint density at radius 2 is 2.36 bits per heavy atom. The van der Waals surface area contributed by atoms with Gasteiger partial charge in [0.2, 0.25) is 5.90 Å². The molecule has 1 atom stereocenters. The van der Waals surface area contributed by atoms with Crippen molar-refractivity contribution in [1.29, 1.82) is 5.41 Å². The van der Waals surface area contributed by atoms with E-state index in [2.05, 4.69) is 11.8 Å². The first kappa shape index (κ1) is 11.5. The van der Waals surface area contributed by atoms with Crippen LogP contribution in [0.2, 0.25) is 0 Å². The summed E-state index contributed by atoms with van der Waals surface area (Å²) >= 11 is 0. The van der Waals surface area contributed by atoms with E-state index in [1.165, 1.54) is 0 Å². The molecule has 0 aliphatic carbocycles. The molecule has 0 bridgehead atoms. The Balaban J connectivity index is 2.35. The number of nitrogens with zero attached hydrogens (tertiary/aromatic N) is 1. The average molecular weight is 200 g/mol. The monoisotopic (exact) mass is 200 g/mol. The molecule has 0 aromatic carbocycles. The summed E-state index contributed by atoms with van der Waals surface area (Å²) < 4.78 is 10.6. The molecule has 0 saturated carbocycles. The first-order chi connectivity index (χ1) is 6.77. The zero-order valence-corrected chi connectivity index (χ0v) is 9.08. The van der Waals surface area contributed by atoms with E-state index in [1.54, 1.807) is 0 Å². The molecule has 82 valence electrons.